The zero-order valence-electron chi connectivity index (χ0n) is 15.3. The van der Waals surface area contributed by atoms with Crippen LogP contribution in [-0.4, -0.2) is 27.7 Å². The van der Waals surface area contributed by atoms with Crippen LogP contribution in [0.2, 0.25) is 0 Å². The summed E-state index contributed by atoms with van der Waals surface area (Å²) in [4.78, 5) is 28.2. The number of fused-ring (bicyclic) bond motifs is 1. The maximum atomic E-state index is 14.4. The van der Waals surface area contributed by atoms with E-state index < -0.39 is 41.1 Å². The first-order chi connectivity index (χ1) is 14.3. The van der Waals surface area contributed by atoms with Gasteiger partial charge in [0.15, 0.2) is 23.0 Å². The average Bonchev–Trinajstić information content (AvgIpc) is 3.31. The van der Waals surface area contributed by atoms with E-state index in [1.165, 1.54) is 31.2 Å². The Morgan fingerprint density at radius 3 is 2.67 bits per heavy atom. The minimum atomic E-state index is -1.38. The molecule has 0 radical (unpaired) electrons. The topological polar surface area (TPSA) is 92.4 Å². The molecule has 0 saturated heterocycles. The van der Waals surface area contributed by atoms with Gasteiger partial charge in [0.05, 0.1) is 10.6 Å². The van der Waals surface area contributed by atoms with E-state index in [1.54, 1.807) is 0 Å². The third kappa shape index (κ3) is 3.32. The second kappa shape index (κ2) is 7.52. The Hall–Kier alpha value is -3.27. The monoisotopic (exact) mass is 434 g/mol. The van der Waals surface area contributed by atoms with Crippen LogP contribution in [0, 0.1) is 24.4 Å². The molecule has 0 aliphatic carbocycles. The highest BCUT2D eigenvalue weighted by molar-refractivity contribution is 8.03. The fourth-order valence-corrected chi connectivity index (χ4v) is 4.41. The molecule has 154 valence electrons. The number of thioether (sulfide) groups is 1. The number of carbonyl (C=O) groups excluding carboxylic acids is 1. The number of nitrogens with zero attached hydrogens (tertiary/aromatic N) is 1. The zero-order valence-corrected chi connectivity index (χ0v) is 16.1. The SMILES string of the molecule is Cc1ccc(C2CSC(NC(=O)c3nc4cccc(F)c4o3)=C2C(=O)O)c(F)c1F. The number of aryl methyl sites for hydroxylation is 1. The van der Waals surface area contributed by atoms with Crippen molar-refractivity contribution < 1.29 is 32.3 Å². The first-order valence-electron chi connectivity index (χ1n) is 8.69. The number of rotatable bonds is 4. The predicted octanol–water partition coefficient (Wildman–Crippen LogP) is 4.11. The summed E-state index contributed by atoms with van der Waals surface area (Å²) in [6.07, 6.45) is 0. The van der Waals surface area contributed by atoms with Gasteiger partial charge in [0, 0.05) is 11.7 Å². The molecule has 1 unspecified atom stereocenters. The number of carbonyl (C=O) groups is 2. The molecule has 1 aromatic heterocycles. The van der Waals surface area contributed by atoms with Crippen LogP contribution in [0.4, 0.5) is 13.2 Å². The standard InChI is InChI=1S/C20H13F3N2O4S/c1-8-5-6-9(15(23)14(8)22)10-7-30-19(13(10)20(27)28)25-17(26)18-24-12-4-2-3-11(21)16(12)29-18/h2-6,10H,7H2,1H3,(H,25,26)(H,27,28). The number of benzene rings is 2. The molecule has 3 aromatic rings. The van der Waals surface area contributed by atoms with Gasteiger partial charge in [-0.05, 0) is 30.2 Å². The van der Waals surface area contributed by atoms with E-state index in [4.69, 9.17) is 4.42 Å². The van der Waals surface area contributed by atoms with E-state index in [0.29, 0.717) is 0 Å². The molecule has 2 heterocycles. The Labute approximate surface area is 171 Å². The van der Waals surface area contributed by atoms with Crippen molar-refractivity contribution in [3.8, 4) is 0 Å². The molecular weight excluding hydrogens is 421 g/mol. The lowest BCUT2D eigenvalue weighted by molar-refractivity contribution is -0.132. The number of para-hydroxylation sites is 1. The summed E-state index contributed by atoms with van der Waals surface area (Å²) >= 11 is 0.968. The molecule has 2 N–H and O–H groups in total. The minimum Gasteiger partial charge on any atom is -0.478 e. The fourth-order valence-electron chi connectivity index (χ4n) is 3.18. The normalized spacial score (nSPS) is 16.3. The first kappa shape index (κ1) is 20.0. The molecule has 2 aromatic carbocycles. The second-order valence-electron chi connectivity index (χ2n) is 6.57. The third-order valence-electron chi connectivity index (χ3n) is 4.69. The summed E-state index contributed by atoms with van der Waals surface area (Å²) in [5.74, 6) is -6.49. The summed E-state index contributed by atoms with van der Waals surface area (Å²) in [5.41, 5.74) is -0.376. The van der Waals surface area contributed by atoms with Crippen molar-refractivity contribution in [1.29, 1.82) is 0 Å². The van der Waals surface area contributed by atoms with Crippen molar-refractivity contribution >= 4 is 34.7 Å². The summed E-state index contributed by atoms with van der Waals surface area (Å²) in [7, 11) is 0. The number of hydrogen-bond donors (Lipinski definition) is 2. The average molecular weight is 434 g/mol. The van der Waals surface area contributed by atoms with Gasteiger partial charge in [0.25, 0.3) is 5.89 Å². The molecule has 1 aliphatic rings. The van der Waals surface area contributed by atoms with E-state index in [2.05, 4.69) is 10.3 Å². The third-order valence-corrected chi connectivity index (χ3v) is 5.80. The lowest BCUT2D eigenvalue weighted by Crippen LogP contribution is -2.24. The van der Waals surface area contributed by atoms with Crippen molar-refractivity contribution in [2.24, 2.45) is 0 Å². The second-order valence-corrected chi connectivity index (χ2v) is 7.60. The van der Waals surface area contributed by atoms with E-state index in [9.17, 15) is 27.9 Å². The van der Waals surface area contributed by atoms with Crippen molar-refractivity contribution in [3.05, 3.63) is 75.4 Å². The van der Waals surface area contributed by atoms with Crippen molar-refractivity contribution in [3.63, 3.8) is 0 Å². The van der Waals surface area contributed by atoms with Gasteiger partial charge in [-0.15, -0.1) is 11.8 Å². The van der Waals surface area contributed by atoms with Crippen molar-refractivity contribution in [2.75, 3.05) is 5.75 Å². The number of aromatic nitrogens is 1. The van der Waals surface area contributed by atoms with Gasteiger partial charge in [0.1, 0.15) is 5.52 Å². The lowest BCUT2D eigenvalue weighted by atomic mass is 9.92. The van der Waals surface area contributed by atoms with Gasteiger partial charge in [-0.3, -0.25) is 4.79 Å². The van der Waals surface area contributed by atoms with Gasteiger partial charge < -0.3 is 14.8 Å². The first-order valence-corrected chi connectivity index (χ1v) is 9.67. The van der Waals surface area contributed by atoms with Crippen LogP contribution in [0.15, 0.2) is 45.4 Å². The van der Waals surface area contributed by atoms with Crippen LogP contribution in [0.1, 0.15) is 27.7 Å². The molecular formula is C20H13F3N2O4S. The number of aliphatic carboxylic acids is 1. The number of oxazole rings is 1. The maximum Gasteiger partial charge on any atom is 0.334 e. The molecule has 0 spiro atoms. The number of hydrogen-bond acceptors (Lipinski definition) is 5. The van der Waals surface area contributed by atoms with Gasteiger partial charge in [-0.2, -0.15) is 0 Å². The molecule has 0 fully saturated rings. The summed E-state index contributed by atoms with van der Waals surface area (Å²) < 4.78 is 47.3. The van der Waals surface area contributed by atoms with Gasteiger partial charge in [0.2, 0.25) is 0 Å². The van der Waals surface area contributed by atoms with E-state index in [-0.39, 0.29) is 38.6 Å². The molecule has 0 saturated carbocycles. The highest BCUT2D eigenvalue weighted by Crippen LogP contribution is 2.42. The maximum absolute atomic E-state index is 14.4. The molecule has 4 rings (SSSR count). The Bertz CT molecular complexity index is 1240. The Balaban J connectivity index is 1.68. The molecule has 10 heteroatoms. The van der Waals surface area contributed by atoms with Crippen LogP contribution in [0.5, 0.6) is 0 Å². The zero-order chi connectivity index (χ0) is 21.6. The molecule has 1 aliphatic heterocycles. The largest absolute Gasteiger partial charge is 0.478 e. The van der Waals surface area contributed by atoms with Gasteiger partial charge in [-0.1, -0.05) is 18.2 Å². The molecule has 1 amide bonds. The van der Waals surface area contributed by atoms with Gasteiger partial charge in [-0.25, -0.2) is 22.9 Å². The fraction of sp³-hybridized carbons (Fsp3) is 0.150. The molecule has 0 bridgehead atoms. The quantitative estimate of drug-likeness (QED) is 0.642. The molecule has 30 heavy (non-hydrogen) atoms. The van der Waals surface area contributed by atoms with Crippen LogP contribution in [-0.2, 0) is 4.79 Å². The van der Waals surface area contributed by atoms with E-state index in [1.807, 2.05) is 0 Å². The minimum absolute atomic E-state index is 0.0411. The summed E-state index contributed by atoms with van der Waals surface area (Å²) in [6, 6.07) is 6.69. The van der Waals surface area contributed by atoms with Gasteiger partial charge >= 0.3 is 11.9 Å². The van der Waals surface area contributed by atoms with E-state index in [0.717, 1.165) is 17.8 Å². The Morgan fingerprint density at radius 2 is 1.97 bits per heavy atom. The number of amides is 1. The Kier molecular flexibility index (Phi) is 5.02. The summed E-state index contributed by atoms with van der Waals surface area (Å²) in [5, 5.41) is 12.0. The van der Waals surface area contributed by atoms with Crippen LogP contribution in [0.25, 0.3) is 11.1 Å². The summed E-state index contributed by atoms with van der Waals surface area (Å²) in [6.45, 7) is 1.40. The predicted molar refractivity (Wildman–Crippen MR) is 102 cm³/mol. The van der Waals surface area contributed by atoms with Crippen LogP contribution >= 0.6 is 11.8 Å². The van der Waals surface area contributed by atoms with Crippen molar-refractivity contribution in [2.45, 2.75) is 12.8 Å². The highest BCUT2D eigenvalue weighted by Gasteiger charge is 2.36. The lowest BCUT2D eigenvalue weighted by Gasteiger charge is -2.14. The number of halogens is 3. The Morgan fingerprint density at radius 1 is 1.20 bits per heavy atom. The van der Waals surface area contributed by atoms with E-state index >= 15 is 0 Å². The van der Waals surface area contributed by atoms with Crippen molar-refractivity contribution in [1.82, 2.24) is 10.3 Å². The smallest absolute Gasteiger partial charge is 0.334 e. The van der Waals surface area contributed by atoms with Crippen LogP contribution < -0.4 is 5.32 Å². The number of carboxylic acids is 1. The molecule has 6 nitrogen and oxygen atoms in total. The van der Waals surface area contributed by atoms with Crippen LogP contribution in [0.3, 0.4) is 0 Å². The molecule has 1 atom stereocenters. The number of nitrogens with one attached hydrogen (secondary N) is 1. The highest BCUT2D eigenvalue weighted by atomic mass is 32.2. The number of carboxylic acid groups (broad SMARTS) is 1.